The third-order valence-corrected chi connectivity index (χ3v) is 3.14. The molecule has 1 heterocycles. The molecule has 0 aliphatic carbocycles. The maximum absolute atomic E-state index is 5.35. The average Bonchev–Trinajstić information content (AvgIpc) is 2.93. The van der Waals surface area contributed by atoms with Crippen LogP contribution in [0.1, 0.15) is 25.2 Å². The van der Waals surface area contributed by atoms with Crippen molar-refractivity contribution in [1.82, 2.24) is 15.3 Å². The van der Waals surface area contributed by atoms with E-state index in [2.05, 4.69) is 41.3 Å². The van der Waals surface area contributed by atoms with E-state index in [0.29, 0.717) is 0 Å². The van der Waals surface area contributed by atoms with Gasteiger partial charge in [-0.3, -0.25) is 0 Å². The van der Waals surface area contributed by atoms with E-state index in [1.807, 2.05) is 12.3 Å². The molecule has 0 aliphatic rings. The van der Waals surface area contributed by atoms with Crippen LogP contribution in [0.4, 0.5) is 0 Å². The number of nitrogens with zero attached hydrogens (tertiary/aromatic N) is 1. The SMILES string of the molecule is CCNCc1ncc(-c2ccc(OC)c(CC)c2)[nH]1. The first kappa shape index (κ1) is 13.6. The van der Waals surface area contributed by atoms with E-state index >= 15 is 0 Å². The van der Waals surface area contributed by atoms with Crippen molar-refractivity contribution in [2.24, 2.45) is 0 Å². The summed E-state index contributed by atoms with van der Waals surface area (Å²) in [7, 11) is 1.71. The van der Waals surface area contributed by atoms with E-state index in [0.717, 1.165) is 42.3 Å². The summed E-state index contributed by atoms with van der Waals surface area (Å²) in [5.74, 6) is 1.91. The second-order valence-corrected chi connectivity index (χ2v) is 4.40. The zero-order valence-corrected chi connectivity index (χ0v) is 11.8. The molecule has 0 radical (unpaired) electrons. The molecular weight excluding hydrogens is 238 g/mol. The van der Waals surface area contributed by atoms with Crippen molar-refractivity contribution >= 4 is 0 Å². The molecule has 0 aliphatic heterocycles. The van der Waals surface area contributed by atoms with Crippen LogP contribution in [0, 0.1) is 0 Å². The molecule has 0 bridgehead atoms. The normalized spacial score (nSPS) is 10.7. The Labute approximate surface area is 114 Å². The molecule has 0 saturated carbocycles. The lowest BCUT2D eigenvalue weighted by Gasteiger charge is -2.08. The maximum Gasteiger partial charge on any atom is 0.122 e. The van der Waals surface area contributed by atoms with Crippen molar-refractivity contribution < 1.29 is 4.74 Å². The van der Waals surface area contributed by atoms with Crippen LogP contribution in [0.3, 0.4) is 0 Å². The van der Waals surface area contributed by atoms with Crippen molar-refractivity contribution in [3.8, 4) is 17.0 Å². The number of H-pyrrole nitrogens is 1. The van der Waals surface area contributed by atoms with E-state index in [9.17, 15) is 0 Å². The molecule has 19 heavy (non-hydrogen) atoms. The van der Waals surface area contributed by atoms with Gasteiger partial charge in [0.25, 0.3) is 0 Å². The molecule has 102 valence electrons. The van der Waals surface area contributed by atoms with Gasteiger partial charge in [-0.25, -0.2) is 4.98 Å². The van der Waals surface area contributed by atoms with Gasteiger partial charge >= 0.3 is 0 Å². The number of ether oxygens (including phenoxy) is 1. The van der Waals surface area contributed by atoms with E-state index in [1.165, 1.54) is 5.56 Å². The number of methoxy groups -OCH3 is 1. The van der Waals surface area contributed by atoms with Crippen molar-refractivity contribution in [2.75, 3.05) is 13.7 Å². The second-order valence-electron chi connectivity index (χ2n) is 4.40. The Morgan fingerprint density at radius 3 is 2.84 bits per heavy atom. The minimum atomic E-state index is 0.771. The van der Waals surface area contributed by atoms with Crippen LogP contribution in [-0.4, -0.2) is 23.6 Å². The van der Waals surface area contributed by atoms with Gasteiger partial charge in [0, 0.05) is 5.56 Å². The predicted molar refractivity (Wildman–Crippen MR) is 77.3 cm³/mol. The molecule has 2 aromatic rings. The Balaban J connectivity index is 2.23. The van der Waals surface area contributed by atoms with E-state index in [-0.39, 0.29) is 0 Å². The van der Waals surface area contributed by atoms with Gasteiger partial charge in [-0.2, -0.15) is 0 Å². The summed E-state index contributed by atoms with van der Waals surface area (Å²) in [6, 6.07) is 6.23. The molecule has 1 aromatic carbocycles. The van der Waals surface area contributed by atoms with Crippen molar-refractivity contribution in [2.45, 2.75) is 26.8 Å². The molecule has 2 N–H and O–H groups in total. The first-order valence-corrected chi connectivity index (χ1v) is 6.70. The maximum atomic E-state index is 5.35. The van der Waals surface area contributed by atoms with Crippen LogP contribution < -0.4 is 10.1 Å². The number of hydrogen-bond donors (Lipinski definition) is 2. The van der Waals surface area contributed by atoms with Crippen molar-refractivity contribution in [1.29, 1.82) is 0 Å². The first-order chi connectivity index (χ1) is 9.28. The summed E-state index contributed by atoms with van der Waals surface area (Å²) in [5, 5.41) is 3.26. The van der Waals surface area contributed by atoms with Crippen molar-refractivity contribution in [3.05, 3.63) is 35.8 Å². The Morgan fingerprint density at radius 2 is 2.16 bits per heavy atom. The Hall–Kier alpha value is -1.81. The Bertz CT molecular complexity index is 534. The van der Waals surface area contributed by atoms with E-state index < -0.39 is 0 Å². The zero-order chi connectivity index (χ0) is 13.7. The molecule has 1 aromatic heterocycles. The first-order valence-electron chi connectivity index (χ1n) is 6.70. The molecule has 0 spiro atoms. The minimum absolute atomic E-state index is 0.771. The third kappa shape index (κ3) is 3.15. The smallest absolute Gasteiger partial charge is 0.122 e. The minimum Gasteiger partial charge on any atom is -0.496 e. The summed E-state index contributed by atoms with van der Waals surface area (Å²) in [6.45, 7) is 5.93. The predicted octanol–water partition coefficient (Wildman–Crippen LogP) is 2.76. The third-order valence-electron chi connectivity index (χ3n) is 3.14. The second kappa shape index (κ2) is 6.38. The fourth-order valence-electron chi connectivity index (χ4n) is 2.06. The molecule has 2 rings (SSSR count). The number of aryl methyl sites for hydroxylation is 1. The van der Waals surface area contributed by atoms with Gasteiger partial charge in [0.05, 0.1) is 25.5 Å². The summed E-state index contributed by atoms with van der Waals surface area (Å²) in [5.41, 5.74) is 3.40. The number of hydrogen-bond acceptors (Lipinski definition) is 3. The fourth-order valence-corrected chi connectivity index (χ4v) is 2.06. The van der Waals surface area contributed by atoms with Gasteiger partial charge in [-0.05, 0) is 36.7 Å². The largest absolute Gasteiger partial charge is 0.496 e. The van der Waals surface area contributed by atoms with Crippen LogP contribution in [0.2, 0.25) is 0 Å². The summed E-state index contributed by atoms with van der Waals surface area (Å²) < 4.78 is 5.35. The Morgan fingerprint density at radius 1 is 1.32 bits per heavy atom. The Kier molecular flexibility index (Phi) is 4.58. The summed E-state index contributed by atoms with van der Waals surface area (Å²) in [6.07, 6.45) is 2.84. The van der Waals surface area contributed by atoms with Crippen LogP contribution in [-0.2, 0) is 13.0 Å². The van der Waals surface area contributed by atoms with Gasteiger partial charge in [0.1, 0.15) is 11.6 Å². The lowest BCUT2D eigenvalue weighted by Crippen LogP contribution is -2.12. The number of aromatic nitrogens is 2. The number of nitrogens with one attached hydrogen (secondary N) is 2. The number of benzene rings is 1. The highest BCUT2D eigenvalue weighted by atomic mass is 16.5. The molecule has 0 atom stereocenters. The molecule has 0 amide bonds. The topological polar surface area (TPSA) is 49.9 Å². The van der Waals surface area contributed by atoms with E-state index in [4.69, 9.17) is 4.74 Å². The number of rotatable bonds is 6. The average molecular weight is 259 g/mol. The van der Waals surface area contributed by atoms with Gasteiger partial charge in [-0.15, -0.1) is 0 Å². The standard InChI is InChI=1S/C15H21N3O/c1-4-11-8-12(6-7-14(11)19-3)13-9-17-15(18-13)10-16-5-2/h6-9,16H,4-5,10H2,1-3H3,(H,17,18). The highest BCUT2D eigenvalue weighted by Gasteiger charge is 2.07. The lowest BCUT2D eigenvalue weighted by molar-refractivity contribution is 0.410. The van der Waals surface area contributed by atoms with Crippen LogP contribution in [0.25, 0.3) is 11.3 Å². The van der Waals surface area contributed by atoms with Crippen LogP contribution >= 0.6 is 0 Å². The molecular formula is C15H21N3O. The number of aromatic amines is 1. The van der Waals surface area contributed by atoms with Gasteiger partial charge < -0.3 is 15.0 Å². The van der Waals surface area contributed by atoms with Crippen molar-refractivity contribution in [3.63, 3.8) is 0 Å². The van der Waals surface area contributed by atoms with Gasteiger partial charge in [0.2, 0.25) is 0 Å². The lowest BCUT2D eigenvalue weighted by atomic mass is 10.1. The van der Waals surface area contributed by atoms with Crippen LogP contribution in [0.5, 0.6) is 5.75 Å². The summed E-state index contributed by atoms with van der Waals surface area (Å²) >= 11 is 0. The molecule has 4 heteroatoms. The highest BCUT2D eigenvalue weighted by Crippen LogP contribution is 2.26. The van der Waals surface area contributed by atoms with E-state index in [1.54, 1.807) is 7.11 Å². The number of imidazole rings is 1. The highest BCUT2D eigenvalue weighted by molar-refractivity contribution is 5.61. The quantitative estimate of drug-likeness (QED) is 0.838. The monoisotopic (exact) mass is 259 g/mol. The molecule has 0 saturated heterocycles. The van der Waals surface area contributed by atoms with Crippen LogP contribution in [0.15, 0.2) is 24.4 Å². The molecule has 0 fully saturated rings. The molecule has 0 unspecified atom stereocenters. The van der Waals surface area contributed by atoms with Gasteiger partial charge in [-0.1, -0.05) is 13.8 Å². The van der Waals surface area contributed by atoms with Gasteiger partial charge in [0.15, 0.2) is 0 Å². The fraction of sp³-hybridized carbons (Fsp3) is 0.400. The zero-order valence-electron chi connectivity index (χ0n) is 11.8. The molecule has 4 nitrogen and oxygen atoms in total. The summed E-state index contributed by atoms with van der Waals surface area (Å²) in [4.78, 5) is 7.72.